The van der Waals surface area contributed by atoms with Crippen molar-refractivity contribution >= 4 is 5.82 Å². The molecule has 0 atom stereocenters. The van der Waals surface area contributed by atoms with Gasteiger partial charge in [-0.25, -0.2) is 4.39 Å². The van der Waals surface area contributed by atoms with Crippen LogP contribution >= 0.6 is 0 Å². The van der Waals surface area contributed by atoms with Crippen LogP contribution in [0.4, 0.5) is 10.2 Å². The third-order valence-corrected chi connectivity index (χ3v) is 1.74. The Morgan fingerprint density at radius 3 is 3.00 bits per heavy atom. The molecule has 0 aliphatic rings. The maximum absolute atomic E-state index is 13.0. The van der Waals surface area contributed by atoms with Gasteiger partial charge in [-0.2, -0.15) is 10.2 Å². The van der Waals surface area contributed by atoms with Gasteiger partial charge in [0.2, 0.25) is 5.88 Å². The van der Waals surface area contributed by atoms with Gasteiger partial charge in [0.05, 0.1) is 13.2 Å². The summed E-state index contributed by atoms with van der Waals surface area (Å²) in [6.07, 6.45) is 0.700. The zero-order valence-electron chi connectivity index (χ0n) is 7.75. The molecule has 0 bridgehead atoms. The molecule has 2 N–H and O–H groups in total. The zero-order chi connectivity index (χ0) is 10.6. The molecule has 0 aromatic carbocycles. The molecule has 1 heterocycles. The number of aromatic nitrogens is 1. The summed E-state index contributed by atoms with van der Waals surface area (Å²) in [4.78, 5) is 3.72. The van der Waals surface area contributed by atoms with E-state index in [1.165, 1.54) is 13.2 Å². The first-order valence-electron chi connectivity index (χ1n) is 4.05. The first-order valence-corrected chi connectivity index (χ1v) is 4.05. The van der Waals surface area contributed by atoms with E-state index in [1.54, 1.807) is 0 Å². The lowest BCUT2D eigenvalue weighted by Crippen LogP contribution is -2.02. The van der Waals surface area contributed by atoms with E-state index in [4.69, 9.17) is 15.7 Å². The van der Waals surface area contributed by atoms with E-state index in [0.717, 1.165) is 0 Å². The van der Waals surface area contributed by atoms with Gasteiger partial charge in [0.25, 0.3) is 0 Å². The second-order valence-corrected chi connectivity index (χ2v) is 2.68. The fraction of sp³-hybridized carbons (Fsp3) is 0.333. The van der Waals surface area contributed by atoms with Gasteiger partial charge in [-0.15, -0.1) is 0 Å². The van der Waals surface area contributed by atoms with Gasteiger partial charge in [-0.05, 0) is 12.5 Å². The number of nitriles is 1. The molecule has 0 unspecified atom stereocenters. The van der Waals surface area contributed by atoms with Crippen molar-refractivity contribution in [1.29, 1.82) is 5.26 Å². The summed E-state index contributed by atoms with van der Waals surface area (Å²) in [7, 11) is 1.43. The van der Waals surface area contributed by atoms with Crippen LogP contribution in [0.1, 0.15) is 12.0 Å². The molecule has 5 heteroatoms. The second kappa shape index (κ2) is 4.42. The third kappa shape index (κ3) is 2.10. The van der Waals surface area contributed by atoms with Crippen molar-refractivity contribution in [1.82, 2.24) is 4.98 Å². The predicted molar refractivity (Wildman–Crippen MR) is 49.1 cm³/mol. The van der Waals surface area contributed by atoms with E-state index in [1.807, 2.05) is 6.07 Å². The number of aryl methyl sites for hydroxylation is 1. The molecule has 0 saturated heterocycles. The standard InChI is InChI=1S/C9H10FN3O/c1-14-9-6(3-2-4-11)5-7(10)8(12)13-9/h5H,2-3H2,1H3,(H2,12,13). The second-order valence-electron chi connectivity index (χ2n) is 2.68. The summed E-state index contributed by atoms with van der Waals surface area (Å²) in [5.41, 5.74) is 5.82. The lowest BCUT2D eigenvalue weighted by molar-refractivity contribution is 0.391. The highest BCUT2D eigenvalue weighted by molar-refractivity contribution is 5.39. The Bertz CT molecular complexity index is 373. The Kier molecular flexibility index (Phi) is 3.24. The molecule has 14 heavy (non-hydrogen) atoms. The van der Waals surface area contributed by atoms with Gasteiger partial charge in [0.1, 0.15) is 0 Å². The highest BCUT2D eigenvalue weighted by Crippen LogP contribution is 2.21. The van der Waals surface area contributed by atoms with E-state index in [-0.39, 0.29) is 11.7 Å². The predicted octanol–water partition coefficient (Wildman–Crippen LogP) is 1.27. The molecular weight excluding hydrogens is 185 g/mol. The molecule has 0 spiro atoms. The molecule has 0 amide bonds. The number of ether oxygens (including phenoxy) is 1. The largest absolute Gasteiger partial charge is 0.481 e. The number of nitrogens with zero attached hydrogens (tertiary/aromatic N) is 2. The molecule has 0 radical (unpaired) electrons. The smallest absolute Gasteiger partial charge is 0.218 e. The molecule has 1 rings (SSSR count). The van der Waals surface area contributed by atoms with Crippen LogP contribution in [0.25, 0.3) is 0 Å². The average molecular weight is 195 g/mol. The normalized spacial score (nSPS) is 9.50. The first-order chi connectivity index (χ1) is 6.69. The summed E-state index contributed by atoms with van der Waals surface area (Å²) in [5, 5.41) is 8.39. The Morgan fingerprint density at radius 1 is 1.71 bits per heavy atom. The topological polar surface area (TPSA) is 71.9 Å². The van der Waals surface area contributed by atoms with Crippen molar-refractivity contribution in [3.63, 3.8) is 0 Å². The number of rotatable bonds is 3. The Hall–Kier alpha value is -1.83. The van der Waals surface area contributed by atoms with E-state index >= 15 is 0 Å². The minimum absolute atomic E-state index is 0.192. The van der Waals surface area contributed by atoms with Crippen molar-refractivity contribution in [3.05, 3.63) is 17.4 Å². The maximum Gasteiger partial charge on any atom is 0.218 e. The van der Waals surface area contributed by atoms with Gasteiger partial charge < -0.3 is 10.5 Å². The lowest BCUT2D eigenvalue weighted by Gasteiger charge is -2.06. The minimum atomic E-state index is -0.585. The number of pyridine rings is 1. The van der Waals surface area contributed by atoms with Gasteiger partial charge >= 0.3 is 0 Å². The van der Waals surface area contributed by atoms with Gasteiger partial charge in [0, 0.05) is 12.0 Å². The van der Waals surface area contributed by atoms with E-state index < -0.39 is 5.82 Å². The van der Waals surface area contributed by atoms with Crippen LogP contribution in [-0.4, -0.2) is 12.1 Å². The maximum atomic E-state index is 13.0. The van der Waals surface area contributed by atoms with Crippen LogP contribution in [0.15, 0.2) is 6.07 Å². The molecule has 0 fully saturated rings. The number of nitrogen functional groups attached to an aromatic ring is 1. The van der Waals surface area contributed by atoms with Crippen molar-refractivity contribution in [2.75, 3.05) is 12.8 Å². The van der Waals surface area contributed by atoms with Crippen LogP contribution < -0.4 is 10.5 Å². The fourth-order valence-corrected chi connectivity index (χ4v) is 1.07. The summed E-state index contributed by atoms with van der Waals surface area (Å²) < 4.78 is 17.9. The fourth-order valence-electron chi connectivity index (χ4n) is 1.07. The molecule has 1 aromatic rings. The molecule has 4 nitrogen and oxygen atoms in total. The average Bonchev–Trinajstić information content (AvgIpc) is 2.19. The van der Waals surface area contributed by atoms with E-state index in [0.29, 0.717) is 18.4 Å². The SMILES string of the molecule is COc1nc(N)c(F)cc1CCC#N. The molecule has 0 saturated carbocycles. The number of hydrogen-bond donors (Lipinski definition) is 1. The van der Waals surface area contributed by atoms with Crippen LogP contribution in [0.5, 0.6) is 5.88 Å². The Morgan fingerprint density at radius 2 is 2.43 bits per heavy atom. The Balaban J connectivity index is 3.02. The monoisotopic (exact) mass is 195 g/mol. The molecule has 74 valence electrons. The first kappa shape index (κ1) is 10.3. The Labute approximate surface area is 81.1 Å². The van der Waals surface area contributed by atoms with Crippen LogP contribution in [0.2, 0.25) is 0 Å². The summed E-state index contributed by atoms with van der Waals surface area (Å²) >= 11 is 0. The van der Waals surface area contributed by atoms with Gasteiger partial charge in [-0.1, -0.05) is 0 Å². The van der Waals surface area contributed by atoms with Crippen molar-refractivity contribution < 1.29 is 9.13 Å². The summed E-state index contributed by atoms with van der Waals surface area (Å²) in [6, 6.07) is 3.21. The number of halogens is 1. The van der Waals surface area contributed by atoms with Gasteiger partial charge in [0.15, 0.2) is 11.6 Å². The van der Waals surface area contributed by atoms with Crippen molar-refractivity contribution in [3.8, 4) is 11.9 Å². The number of nitrogens with two attached hydrogens (primary N) is 1. The van der Waals surface area contributed by atoms with Crippen LogP contribution in [0.3, 0.4) is 0 Å². The van der Waals surface area contributed by atoms with E-state index in [2.05, 4.69) is 4.98 Å². The van der Waals surface area contributed by atoms with Crippen molar-refractivity contribution in [2.24, 2.45) is 0 Å². The number of anilines is 1. The zero-order valence-corrected chi connectivity index (χ0v) is 7.75. The third-order valence-electron chi connectivity index (χ3n) is 1.74. The minimum Gasteiger partial charge on any atom is -0.481 e. The molecule has 0 aliphatic carbocycles. The molecule has 0 aliphatic heterocycles. The van der Waals surface area contributed by atoms with Crippen LogP contribution in [0, 0.1) is 17.1 Å². The molecule has 1 aromatic heterocycles. The highest BCUT2D eigenvalue weighted by atomic mass is 19.1. The lowest BCUT2D eigenvalue weighted by atomic mass is 10.1. The van der Waals surface area contributed by atoms with Crippen LogP contribution in [-0.2, 0) is 6.42 Å². The number of methoxy groups -OCH3 is 1. The summed E-state index contributed by atoms with van der Waals surface area (Å²) in [6.45, 7) is 0. The van der Waals surface area contributed by atoms with Crippen molar-refractivity contribution in [2.45, 2.75) is 12.8 Å². The summed E-state index contributed by atoms with van der Waals surface area (Å²) in [5.74, 6) is -0.500. The quantitative estimate of drug-likeness (QED) is 0.788. The highest BCUT2D eigenvalue weighted by Gasteiger charge is 2.09. The molecular formula is C9H10FN3O. The van der Waals surface area contributed by atoms with E-state index in [9.17, 15) is 4.39 Å². The number of hydrogen-bond acceptors (Lipinski definition) is 4. The van der Waals surface area contributed by atoms with Gasteiger partial charge in [-0.3, -0.25) is 0 Å².